The smallest absolute Gasteiger partial charge is 0.155 e. The molecule has 0 aromatic heterocycles. The summed E-state index contributed by atoms with van der Waals surface area (Å²) in [5, 5.41) is 9.40. The van der Waals surface area contributed by atoms with Crippen molar-refractivity contribution in [3.63, 3.8) is 0 Å². The molecule has 0 fully saturated rings. The van der Waals surface area contributed by atoms with Crippen LogP contribution in [0.4, 0.5) is 4.39 Å². The van der Waals surface area contributed by atoms with E-state index in [1.807, 2.05) is 0 Å². The molecule has 0 bridgehead atoms. The van der Waals surface area contributed by atoms with Crippen LogP contribution in [0.3, 0.4) is 0 Å². The van der Waals surface area contributed by atoms with Crippen LogP contribution < -0.4 is 0 Å². The third-order valence-corrected chi connectivity index (χ3v) is 2.92. The largest absolute Gasteiger partial charge is 0.507 e. The molecule has 2 aromatic carbocycles. The topological polar surface area (TPSA) is 54.4 Å². The summed E-state index contributed by atoms with van der Waals surface area (Å²) in [6, 6.07) is 8.64. The number of aldehydes is 2. The van der Waals surface area contributed by atoms with Crippen molar-refractivity contribution in [3.05, 3.63) is 63.4 Å². The molecule has 0 amide bonds. The number of phenolic OH excluding ortho intramolecular Hbond substituents is 1. The van der Waals surface area contributed by atoms with Gasteiger partial charge in [-0.1, -0.05) is 35.3 Å². The van der Waals surface area contributed by atoms with Gasteiger partial charge >= 0.3 is 0 Å². The van der Waals surface area contributed by atoms with E-state index in [0.29, 0.717) is 12.6 Å². The van der Waals surface area contributed by atoms with Crippen LogP contribution in [0.5, 0.6) is 5.75 Å². The Labute approximate surface area is 124 Å². The van der Waals surface area contributed by atoms with Crippen LogP contribution in [0, 0.1) is 5.82 Å². The first-order valence-corrected chi connectivity index (χ1v) is 6.08. The predicted molar refractivity (Wildman–Crippen MR) is 75.3 cm³/mol. The van der Waals surface area contributed by atoms with Gasteiger partial charge in [-0.25, -0.2) is 4.39 Å². The lowest BCUT2D eigenvalue weighted by atomic mass is 10.2. The molecule has 0 unspecified atom stereocenters. The zero-order valence-corrected chi connectivity index (χ0v) is 11.5. The van der Waals surface area contributed by atoms with Gasteiger partial charge in [0.25, 0.3) is 0 Å². The Morgan fingerprint density at radius 2 is 1.40 bits per heavy atom. The number of phenols is 1. The molecule has 2 rings (SSSR count). The van der Waals surface area contributed by atoms with Crippen molar-refractivity contribution in [3.8, 4) is 5.75 Å². The zero-order chi connectivity index (χ0) is 15.1. The average molecular weight is 315 g/mol. The fourth-order valence-corrected chi connectivity index (χ4v) is 1.69. The first-order chi connectivity index (χ1) is 9.51. The Morgan fingerprint density at radius 3 is 1.75 bits per heavy atom. The summed E-state index contributed by atoms with van der Waals surface area (Å²) in [5.41, 5.74) is 0.0633. The van der Waals surface area contributed by atoms with E-state index in [1.165, 1.54) is 24.3 Å². The van der Waals surface area contributed by atoms with Gasteiger partial charge in [-0.3, -0.25) is 9.59 Å². The molecular weight excluding hydrogens is 306 g/mol. The molecule has 0 aliphatic heterocycles. The summed E-state index contributed by atoms with van der Waals surface area (Å²) in [4.78, 5) is 20.3. The highest BCUT2D eigenvalue weighted by atomic mass is 35.5. The van der Waals surface area contributed by atoms with E-state index < -0.39 is 5.82 Å². The lowest BCUT2D eigenvalue weighted by molar-refractivity contribution is 0.111. The van der Waals surface area contributed by atoms with Crippen molar-refractivity contribution in [2.75, 3.05) is 0 Å². The number of carbonyl (C=O) groups is 2. The van der Waals surface area contributed by atoms with Crippen molar-refractivity contribution in [2.45, 2.75) is 0 Å². The first-order valence-electron chi connectivity index (χ1n) is 5.33. The molecule has 2 aromatic rings. The number of hydrogen-bond donors (Lipinski definition) is 1. The maximum atomic E-state index is 12.5. The molecule has 0 heterocycles. The molecule has 20 heavy (non-hydrogen) atoms. The van der Waals surface area contributed by atoms with Crippen LogP contribution in [0.25, 0.3) is 0 Å². The Hall–Kier alpha value is -1.91. The maximum absolute atomic E-state index is 12.5. The summed E-state index contributed by atoms with van der Waals surface area (Å²) >= 11 is 11.0. The van der Waals surface area contributed by atoms with Crippen molar-refractivity contribution >= 4 is 35.8 Å². The first kappa shape index (κ1) is 16.1. The number of rotatable bonds is 2. The number of carbonyl (C=O) groups excluding carboxylic acids is 2. The Morgan fingerprint density at radius 1 is 0.900 bits per heavy atom. The van der Waals surface area contributed by atoms with Crippen LogP contribution >= 0.6 is 23.2 Å². The molecule has 0 spiro atoms. The molecule has 0 aliphatic rings. The highest BCUT2D eigenvalue weighted by molar-refractivity contribution is 6.33. The second-order valence-corrected chi connectivity index (χ2v) is 4.36. The van der Waals surface area contributed by atoms with Gasteiger partial charge in [0.2, 0.25) is 0 Å². The van der Waals surface area contributed by atoms with Crippen molar-refractivity contribution < 1.29 is 19.1 Å². The summed E-state index contributed by atoms with van der Waals surface area (Å²) in [6.45, 7) is 0. The van der Waals surface area contributed by atoms with Gasteiger partial charge in [-0.15, -0.1) is 0 Å². The second kappa shape index (κ2) is 7.62. The van der Waals surface area contributed by atoms with Crippen molar-refractivity contribution in [1.82, 2.24) is 0 Å². The van der Waals surface area contributed by atoms with E-state index in [0.717, 1.165) is 0 Å². The minimum Gasteiger partial charge on any atom is -0.507 e. The summed E-state index contributed by atoms with van der Waals surface area (Å²) < 4.78 is 12.5. The van der Waals surface area contributed by atoms with E-state index >= 15 is 0 Å². The SMILES string of the molecule is O=Cc1c(F)cccc1Cl.O=Cc1c(O)cccc1Cl. The van der Waals surface area contributed by atoms with E-state index in [1.54, 1.807) is 12.1 Å². The van der Waals surface area contributed by atoms with Crippen LogP contribution in [-0.2, 0) is 0 Å². The van der Waals surface area contributed by atoms with Gasteiger partial charge in [0.05, 0.1) is 21.2 Å². The third-order valence-electron chi connectivity index (χ3n) is 2.27. The molecule has 3 nitrogen and oxygen atoms in total. The van der Waals surface area contributed by atoms with Crippen molar-refractivity contribution in [1.29, 1.82) is 0 Å². The van der Waals surface area contributed by atoms with E-state index in [2.05, 4.69) is 0 Å². The average Bonchev–Trinajstić information content (AvgIpc) is 2.40. The van der Waals surface area contributed by atoms with Crippen LogP contribution in [0.1, 0.15) is 20.7 Å². The number of hydrogen-bond acceptors (Lipinski definition) is 3. The molecule has 0 aliphatic carbocycles. The Kier molecular flexibility index (Phi) is 6.15. The second-order valence-electron chi connectivity index (χ2n) is 3.54. The third kappa shape index (κ3) is 4.05. The quantitative estimate of drug-likeness (QED) is 0.847. The monoisotopic (exact) mass is 314 g/mol. The van der Waals surface area contributed by atoms with Gasteiger partial charge in [0.1, 0.15) is 11.6 Å². The Bertz CT molecular complexity index is 534. The fourth-order valence-electron chi connectivity index (χ4n) is 1.27. The minimum absolute atomic E-state index is 0.0795. The van der Waals surface area contributed by atoms with E-state index in [4.69, 9.17) is 28.3 Å². The van der Waals surface area contributed by atoms with E-state index in [-0.39, 0.29) is 26.9 Å². The predicted octanol–water partition coefficient (Wildman–Crippen LogP) is 4.15. The summed E-state index contributed by atoms with van der Waals surface area (Å²) in [5.74, 6) is -0.662. The molecule has 104 valence electrons. The van der Waals surface area contributed by atoms with Crippen molar-refractivity contribution in [2.24, 2.45) is 0 Å². The number of halogens is 3. The molecule has 6 heteroatoms. The molecular formula is C14H9Cl2FO3. The fraction of sp³-hybridized carbons (Fsp3) is 0. The zero-order valence-electron chi connectivity index (χ0n) is 10.0. The molecule has 0 saturated heterocycles. The van der Waals surface area contributed by atoms with Crippen LogP contribution in [0.15, 0.2) is 36.4 Å². The lowest BCUT2D eigenvalue weighted by Gasteiger charge is -1.96. The highest BCUT2D eigenvalue weighted by Gasteiger charge is 2.03. The summed E-state index contributed by atoms with van der Waals surface area (Å²) in [7, 11) is 0. The maximum Gasteiger partial charge on any atom is 0.155 e. The van der Waals surface area contributed by atoms with Gasteiger partial charge in [0.15, 0.2) is 12.6 Å². The van der Waals surface area contributed by atoms with Gasteiger partial charge in [0, 0.05) is 0 Å². The highest BCUT2D eigenvalue weighted by Crippen LogP contribution is 2.22. The molecule has 0 saturated carbocycles. The van der Waals surface area contributed by atoms with E-state index in [9.17, 15) is 14.0 Å². The molecule has 0 radical (unpaired) electrons. The summed E-state index contributed by atoms with van der Waals surface area (Å²) in [6.07, 6.45) is 0.926. The van der Waals surface area contributed by atoms with Gasteiger partial charge < -0.3 is 5.11 Å². The normalized spacial score (nSPS) is 9.35. The Balaban J connectivity index is 0.000000200. The number of benzene rings is 2. The molecule has 1 N–H and O–H groups in total. The lowest BCUT2D eigenvalue weighted by Crippen LogP contribution is -1.86. The number of aromatic hydroxyl groups is 1. The van der Waals surface area contributed by atoms with Gasteiger partial charge in [-0.05, 0) is 24.3 Å². The van der Waals surface area contributed by atoms with Gasteiger partial charge in [-0.2, -0.15) is 0 Å². The van der Waals surface area contributed by atoms with Crippen LogP contribution in [-0.4, -0.2) is 17.7 Å². The minimum atomic E-state index is -0.581. The standard InChI is InChI=1S/C7H4ClFO.C7H5ClO2/c8-6-2-1-3-7(9)5(6)4-10;8-6-2-1-3-7(10)5(6)4-9/h1-4H;1-4,10H. The molecule has 0 atom stereocenters. The van der Waals surface area contributed by atoms with Crippen LogP contribution in [0.2, 0.25) is 10.0 Å².